The molecule has 2 atom stereocenters. The summed E-state index contributed by atoms with van der Waals surface area (Å²) in [6.45, 7) is 6.78. The molecule has 0 radical (unpaired) electrons. The summed E-state index contributed by atoms with van der Waals surface area (Å²) in [7, 11) is 0. The third-order valence-corrected chi connectivity index (χ3v) is 4.72. The highest BCUT2D eigenvalue weighted by atomic mass is 14.8. The highest BCUT2D eigenvalue weighted by Crippen LogP contribution is 2.44. The van der Waals surface area contributed by atoms with Gasteiger partial charge in [-0.15, -0.1) is 0 Å². The molecule has 19 heavy (non-hydrogen) atoms. The number of para-hydroxylation sites is 1. The van der Waals surface area contributed by atoms with E-state index in [-0.39, 0.29) is 0 Å². The summed E-state index contributed by atoms with van der Waals surface area (Å²) in [4.78, 5) is 5.11. The fourth-order valence-electron chi connectivity index (χ4n) is 3.79. The second-order valence-electron chi connectivity index (χ2n) is 6.86. The maximum atomic E-state index is 5.11. The summed E-state index contributed by atoms with van der Waals surface area (Å²) in [5.41, 5.74) is 5.55. The molecule has 0 saturated heterocycles. The van der Waals surface area contributed by atoms with Gasteiger partial charge >= 0.3 is 0 Å². The Morgan fingerprint density at radius 2 is 2.11 bits per heavy atom. The highest BCUT2D eigenvalue weighted by Gasteiger charge is 2.36. The summed E-state index contributed by atoms with van der Waals surface area (Å²) in [5, 5.41) is 0. The molecule has 3 rings (SSSR count). The smallest absolute Gasteiger partial charge is 0.0690 e. The number of hydrogen-bond acceptors (Lipinski definition) is 1. The van der Waals surface area contributed by atoms with Crippen molar-refractivity contribution in [2.75, 3.05) is 0 Å². The third-order valence-electron chi connectivity index (χ3n) is 4.72. The second-order valence-corrected chi connectivity index (χ2v) is 6.86. The predicted octanol–water partition coefficient (Wildman–Crippen LogP) is 5.09. The number of fused-ring (bicyclic) bond motifs is 2. The quantitative estimate of drug-likeness (QED) is 0.713. The van der Waals surface area contributed by atoms with Crippen LogP contribution in [-0.2, 0) is 6.42 Å². The summed E-state index contributed by atoms with van der Waals surface area (Å²) in [6.07, 6.45) is 6.64. The van der Waals surface area contributed by atoms with E-state index in [1.165, 1.54) is 48.2 Å². The third kappa shape index (κ3) is 2.61. The number of hydrogen-bond donors (Lipinski definition) is 0. The van der Waals surface area contributed by atoms with Crippen molar-refractivity contribution < 1.29 is 0 Å². The monoisotopic (exact) mass is 255 g/mol. The average molecular weight is 255 g/mol. The minimum atomic E-state index is 0.695. The van der Waals surface area contributed by atoms with Crippen LogP contribution < -0.4 is 0 Å². The summed E-state index contributed by atoms with van der Waals surface area (Å²) in [5.74, 6) is 2.44. The van der Waals surface area contributed by atoms with Gasteiger partial charge in [0, 0.05) is 5.71 Å². The molecule has 2 saturated carbocycles. The summed E-state index contributed by atoms with van der Waals surface area (Å²) < 4.78 is 0. The molecule has 2 aliphatic carbocycles. The molecule has 1 aromatic rings. The van der Waals surface area contributed by atoms with Crippen molar-refractivity contribution in [3.8, 4) is 0 Å². The van der Waals surface area contributed by atoms with Crippen LogP contribution in [0.15, 0.2) is 23.2 Å². The minimum absolute atomic E-state index is 0.695. The molecule has 0 aliphatic heterocycles. The first-order valence-electron chi connectivity index (χ1n) is 7.79. The van der Waals surface area contributed by atoms with Crippen LogP contribution in [0.25, 0.3) is 0 Å². The van der Waals surface area contributed by atoms with E-state index < -0.39 is 0 Å². The van der Waals surface area contributed by atoms with Gasteiger partial charge in [-0.25, -0.2) is 0 Å². The van der Waals surface area contributed by atoms with Gasteiger partial charge in [-0.1, -0.05) is 32.0 Å². The number of aliphatic imine (C=N–C) groups is 1. The van der Waals surface area contributed by atoms with Crippen molar-refractivity contribution in [1.29, 1.82) is 0 Å². The van der Waals surface area contributed by atoms with Crippen LogP contribution in [0.2, 0.25) is 0 Å². The molecule has 0 N–H and O–H groups in total. The predicted molar refractivity (Wildman–Crippen MR) is 82.3 cm³/mol. The van der Waals surface area contributed by atoms with Crippen LogP contribution in [-0.4, -0.2) is 5.71 Å². The van der Waals surface area contributed by atoms with Crippen molar-refractivity contribution in [2.45, 2.75) is 52.9 Å². The maximum Gasteiger partial charge on any atom is 0.0690 e. The molecule has 2 unspecified atom stereocenters. The Morgan fingerprint density at radius 1 is 1.26 bits per heavy atom. The Hall–Kier alpha value is -1.11. The van der Waals surface area contributed by atoms with E-state index in [4.69, 9.17) is 4.99 Å². The molecule has 102 valence electrons. The fraction of sp³-hybridized carbons (Fsp3) is 0.611. The topological polar surface area (TPSA) is 12.4 Å². The molecule has 0 aromatic heterocycles. The fourth-order valence-corrected chi connectivity index (χ4v) is 3.79. The molecule has 1 aromatic carbocycles. The van der Waals surface area contributed by atoms with Crippen molar-refractivity contribution in [3.63, 3.8) is 0 Å². The Balaban J connectivity index is 1.93. The molecule has 2 fully saturated rings. The molecular weight excluding hydrogens is 230 g/mol. The van der Waals surface area contributed by atoms with Crippen molar-refractivity contribution >= 4 is 11.4 Å². The van der Waals surface area contributed by atoms with Gasteiger partial charge in [-0.2, -0.15) is 0 Å². The lowest BCUT2D eigenvalue weighted by molar-refractivity contribution is 0.591. The van der Waals surface area contributed by atoms with Gasteiger partial charge in [-0.3, -0.25) is 4.99 Å². The van der Waals surface area contributed by atoms with Crippen LogP contribution in [0.1, 0.15) is 50.7 Å². The van der Waals surface area contributed by atoms with E-state index in [0.29, 0.717) is 5.92 Å². The van der Waals surface area contributed by atoms with Gasteiger partial charge in [-0.05, 0) is 67.9 Å². The molecule has 2 bridgehead atoms. The lowest BCUT2D eigenvalue weighted by atomic mass is 9.96. The highest BCUT2D eigenvalue weighted by molar-refractivity contribution is 5.92. The molecule has 0 spiro atoms. The van der Waals surface area contributed by atoms with E-state index in [1.807, 2.05) is 0 Å². The Morgan fingerprint density at radius 3 is 2.74 bits per heavy atom. The van der Waals surface area contributed by atoms with E-state index in [0.717, 1.165) is 18.3 Å². The van der Waals surface area contributed by atoms with Gasteiger partial charge in [0.05, 0.1) is 5.69 Å². The Labute approximate surface area is 117 Å². The zero-order chi connectivity index (χ0) is 13.4. The van der Waals surface area contributed by atoms with Crippen LogP contribution in [0, 0.1) is 24.7 Å². The lowest BCUT2D eigenvalue weighted by Crippen LogP contribution is -2.09. The Kier molecular flexibility index (Phi) is 3.47. The van der Waals surface area contributed by atoms with Crippen LogP contribution >= 0.6 is 0 Å². The van der Waals surface area contributed by atoms with Gasteiger partial charge in [0.2, 0.25) is 0 Å². The number of aryl methyl sites for hydroxylation is 1. The first-order chi connectivity index (χ1) is 9.13. The van der Waals surface area contributed by atoms with E-state index in [2.05, 4.69) is 39.0 Å². The molecule has 1 heteroatoms. The minimum Gasteiger partial charge on any atom is -0.257 e. The normalized spacial score (nSPS) is 27.7. The SMILES string of the molecule is Cc1cccc(CC(C)C)c1/N=C1/CC2CCC1C2. The van der Waals surface area contributed by atoms with Crippen LogP contribution in [0.4, 0.5) is 5.69 Å². The molecular formula is C18H25N. The Bertz CT molecular complexity index is 498. The number of rotatable bonds is 3. The molecule has 1 nitrogen and oxygen atoms in total. The first kappa shape index (κ1) is 12.9. The van der Waals surface area contributed by atoms with Crippen LogP contribution in [0.5, 0.6) is 0 Å². The largest absolute Gasteiger partial charge is 0.257 e. The standard InChI is InChI=1S/C18H25N/c1-12(2)9-16-6-4-5-13(3)18(16)19-17-11-14-7-8-15(17)10-14/h4-6,12,14-15H,7-11H2,1-3H3/b19-17-. The van der Waals surface area contributed by atoms with E-state index in [1.54, 1.807) is 0 Å². The lowest BCUT2D eigenvalue weighted by Gasteiger charge is -2.15. The number of benzene rings is 1. The molecule has 2 aliphatic rings. The summed E-state index contributed by atoms with van der Waals surface area (Å²) in [6, 6.07) is 6.65. The van der Waals surface area contributed by atoms with Crippen LogP contribution in [0.3, 0.4) is 0 Å². The van der Waals surface area contributed by atoms with Gasteiger partial charge in [0.15, 0.2) is 0 Å². The van der Waals surface area contributed by atoms with Crippen molar-refractivity contribution in [1.82, 2.24) is 0 Å². The van der Waals surface area contributed by atoms with E-state index in [9.17, 15) is 0 Å². The van der Waals surface area contributed by atoms with E-state index >= 15 is 0 Å². The van der Waals surface area contributed by atoms with Gasteiger partial charge in [0.1, 0.15) is 0 Å². The molecule has 0 amide bonds. The second kappa shape index (κ2) is 5.11. The number of nitrogens with zero attached hydrogens (tertiary/aromatic N) is 1. The average Bonchev–Trinajstić information content (AvgIpc) is 2.95. The summed E-state index contributed by atoms with van der Waals surface area (Å²) >= 11 is 0. The zero-order valence-electron chi connectivity index (χ0n) is 12.4. The van der Waals surface area contributed by atoms with Crippen molar-refractivity contribution in [3.05, 3.63) is 29.3 Å². The first-order valence-corrected chi connectivity index (χ1v) is 7.79. The van der Waals surface area contributed by atoms with Gasteiger partial charge < -0.3 is 0 Å². The zero-order valence-corrected chi connectivity index (χ0v) is 12.4. The van der Waals surface area contributed by atoms with Crippen molar-refractivity contribution in [2.24, 2.45) is 22.7 Å². The molecule has 0 heterocycles. The maximum absolute atomic E-state index is 5.11. The van der Waals surface area contributed by atoms with Gasteiger partial charge in [0.25, 0.3) is 0 Å².